The van der Waals surface area contributed by atoms with Gasteiger partial charge in [0.1, 0.15) is 0 Å². The summed E-state index contributed by atoms with van der Waals surface area (Å²) in [7, 11) is 0. The van der Waals surface area contributed by atoms with Crippen LogP contribution in [0.15, 0.2) is 30.3 Å². The van der Waals surface area contributed by atoms with Crippen LogP contribution < -0.4 is 5.73 Å². The molecule has 1 aromatic rings. The fraction of sp³-hybridized carbons (Fsp3) is 0.562. The average molecular weight is 327 g/mol. The first-order valence-corrected chi connectivity index (χ1v) is 8.58. The molecule has 0 aliphatic carbocycles. The van der Waals surface area contributed by atoms with Crippen LogP contribution in [0.5, 0.6) is 0 Å². The van der Waals surface area contributed by atoms with Gasteiger partial charge in [-0.1, -0.05) is 30.3 Å². The first kappa shape index (κ1) is 16.7. The van der Waals surface area contributed by atoms with E-state index in [4.69, 9.17) is 5.73 Å². The number of amides is 1. The van der Waals surface area contributed by atoms with Crippen molar-refractivity contribution >= 4 is 30.1 Å². The number of rotatable bonds is 2. The van der Waals surface area contributed by atoms with Crippen molar-refractivity contribution in [3.63, 3.8) is 0 Å². The fourth-order valence-electron chi connectivity index (χ4n) is 3.26. The molecule has 0 saturated carbocycles. The quantitative estimate of drug-likeness (QED) is 0.908. The lowest BCUT2D eigenvalue weighted by atomic mass is 9.95. The number of nitrogens with two attached hydrogens (primary N) is 1. The van der Waals surface area contributed by atoms with Crippen LogP contribution in [0.1, 0.15) is 24.3 Å². The Hall–Kier alpha value is -0.710. The van der Waals surface area contributed by atoms with E-state index in [1.165, 1.54) is 5.56 Å². The van der Waals surface area contributed by atoms with Crippen molar-refractivity contribution in [2.24, 2.45) is 11.7 Å². The number of halogens is 1. The van der Waals surface area contributed by atoms with Gasteiger partial charge in [0.05, 0.1) is 0 Å². The Kier molecular flexibility index (Phi) is 5.97. The molecule has 0 bridgehead atoms. The fourth-order valence-corrected chi connectivity index (χ4v) is 4.37. The van der Waals surface area contributed by atoms with E-state index in [1.54, 1.807) is 0 Å². The lowest BCUT2D eigenvalue weighted by Gasteiger charge is -2.26. The monoisotopic (exact) mass is 326 g/mol. The van der Waals surface area contributed by atoms with Gasteiger partial charge in [-0.25, -0.2) is 0 Å². The SMILES string of the molecule is Cl.N[C@@H]1CN(C(=O)C2CCSCC2)C[C@H]1c1ccccc1. The number of hydrogen-bond donors (Lipinski definition) is 1. The Morgan fingerprint density at radius 2 is 1.81 bits per heavy atom. The average Bonchev–Trinajstić information content (AvgIpc) is 2.90. The molecule has 2 aliphatic rings. The van der Waals surface area contributed by atoms with Crippen molar-refractivity contribution in [2.45, 2.75) is 24.8 Å². The minimum absolute atomic E-state index is 0. The highest BCUT2D eigenvalue weighted by molar-refractivity contribution is 7.99. The standard InChI is InChI=1S/C16H22N2OS.ClH/c17-15-11-18(16(19)13-6-8-20-9-7-13)10-14(15)12-4-2-1-3-5-12;/h1-5,13-15H,6-11,17H2;1H/t14-,15+;/m0./s1. The van der Waals surface area contributed by atoms with Crippen LogP contribution in [0, 0.1) is 5.92 Å². The van der Waals surface area contributed by atoms with Crippen LogP contribution in [0.3, 0.4) is 0 Å². The molecular formula is C16H23ClN2OS. The van der Waals surface area contributed by atoms with Gasteiger partial charge >= 0.3 is 0 Å². The zero-order valence-corrected chi connectivity index (χ0v) is 13.7. The molecule has 21 heavy (non-hydrogen) atoms. The molecule has 0 spiro atoms. The number of carbonyl (C=O) groups is 1. The third-order valence-electron chi connectivity index (χ3n) is 4.48. The third kappa shape index (κ3) is 3.74. The Balaban J connectivity index is 0.00000161. The van der Waals surface area contributed by atoms with Crippen LogP contribution in [0.4, 0.5) is 0 Å². The zero-order valence-electron chi connectivity index (χ0n) is 12.1. The Morgan fingerprint density at radius 3 is 2.48 bits per heavy atom. The van der Waals surface area contributed by atoms with Gasteiger partial charge < -0.3 is 10.6 Å². The largest absolute Gasteiger partial charge is 0.340 e. The van der Waals surface area contributed by atoms with Gasteiger partial charge in [0.15, 0.2) is 0 Å². The molecule has 5 heteroatoms. The van der Waals surface area contributed by atoms with Gasteiger partial charge in [-0.3, -0.25) is 4.79 Å². The maximum Gasteiger partial charge on any atom is 0.225 e. The molecule has 2 atom stereocenters. The molecule has 1 amide bonds. The van der Waals surface area contributed by atoms with Crippen molar-refractivity contribution < 1.29 is 4.79 Å². The molecule has 3 nitrogen and oxygen atoms in total. The summed E-state index contributed by atoms with van der Waals surface area (Å²) in [5.74, 6) is 3.10. The van der Waals surface area contributed by atoms with E-state index in [-0.39, 0.29) is 30.3 Å². The minimum Gasteiger partial charge on any atom is -0.340 e. The lowest BCUT2D eigenvalue weighted by Crippen LogP contribution is -2.37. The number of carbonyl (C=O) groups excluding carboxylic acids is 1. The van der Waals surface area contributed by atoms with Crippen molar-refractivity contribution in [1.82, 2.24) is 4.90 Å². The predicted molar refractivity (Wildman–Crippen MR) is 91.0 cm³/mol. The molecule has 0 radical (unpaired) electrons. The Labute approximate surface area is 137 Å². The Morgan fingerprint density at radius 1 is 1.14 bits per heavy atom. The lowest BCUT2D eigenvalue weighted by molar-refractivity contribution is -0.134. The second-order valence-corrected chi connectivity index (χ2v) is 7.04. The molecule has 0 aromatic heterocycles. The number of hydrogen-bond acceptors (Lipinski definition) is 3. The second-order valence-electron chi connectivity index (χ2n) is 5.81. The number of benzene rings is 1. The van der Waals surface area contributed by atoms with E-state index < -0.39 is 0 Å². The molecule has 0 unspecified atom stereocenters. The van der Waals surface area contributed by atoms with Gasteiger partial charge in [0.2, 0.25) is 5.91 Å². The summed E-state index contributed by atoms with van der Waals surface area (Å²) in [6.45, 7) is 1.50. The third-order valence-corrected chi connectivity index (χ3v) is 5.52. The summed E-state index contributed by atoms with van der Waals surface area (Å²) in [5.41, 5.74) is 7.53. The highest BCUT2D eigenvalue weighted by atomic mass is 35.5. The summed E-state index contributed by atoms with van der Waals surface area (Å²) in [4.78, 5) is 14.6. The van der Waals surface area contributed by atoms with Crippen molar-refractivity contribution in [1.29, 1.82) is 0 Å². The van der Waals surface area contributed by atoms with Crippen LogP contribution in [0.25, 0.3) is 0 Å². The summed E-state index contributed by atoms with van der Waals surface area (Å²) < 4.78 is 0. The van der Waals surface area contributed by atoms with E-state index in [1.807, 2.05) is 34.9 Å². The molecule has 2 aliphatic heterocycles. The number of thioether (sulfide) groups is 1. The first-order valence-electron chi connectivity index (χ1n) is 7.43. The predicted octanol–water partition coefficient (Wildman–Crippen LogP) is 2.50. The summed E-state index contributed by atoms with van der Waals surface area (Å²) in [6.07, 6.45) is 2.07. The van der Waals surface area contributed by atoms with Crippen molar-refractivity contribution in [2.75, 3.05) is 24.6 Å². The molecule has 3 rings (SSSR count). The van der Waals surface area contributed by atoms with Gasteiger partial charge in [-0.2, -0.15) is 11.8 Å². The second kappa shape index (κ2) is 7.52. The molecule has 2 saturated heterocycles. The summed E-state index contributed by atoms with van der Waals surface area (Å²) in [5, 5.41) is 0. The maximum absolute atomic E-state index is 12.6. The van der Waals surface area contributed by atoms with E-state index in [0.717, 1.165) is 30.9 Å². The number of nitrogens with zero attached hydrogens (tertiary/aromatic N) is 1. The summed E-state index contributed by atoms with van der Waals surface area (Å²) >= 11 is 1.96. The van der Waals surface area contributed by atoms with Gasteiger partial charge in [-0.05, 0) is 29.9 Å². The maximum atomic E-state index is 12.6. The minimum atomic E-state index is 0. The highest BCUT2D eigenvalue weighted by Gasteiger charge is 2.36. The molecule has 2 N–H and O–H groups in total. The van der Waals surface area contributed by atoms with E-state index >= 15 is 0 Å². The number of likely N-dealkylation sites (tertiary alicyclic amines) is 1. The van der Waals surface area contributed by atoms with E-state index in [2.05, 4.69) is 12.1 Å². The molecule has 2 heterocycles. The highest BCUT2D eigenvalue weighted by Crippen LogP contribution is 2.30. The zero-order chi connectivity index (χ0) is 13.9. The van der Waals surface area contributed by atoms with Crippen LogP contribution in [-0.4, -0.2) is 41.4 Å². The van der Waals surface area contributed by atoms with E-state index in [9.17, 15) is 4.79 Å². The van der Waals surface area contributed by atoms with Gasteiger partial charge in [0, 0.05) is 31.0 Å². The van der Waals surface area contributed by atoms with Crippen LogP contribution in [-0.2, 0) is 4.79 Å². The smallest absolute Gasteiger partial charge is 0.225 e. The van der Waals surface area contributed by atoms with Gasteiger partial charge in [-0.15, -0.1) is 12.4 Å². The van der Waals surface area contributed by atoms with Crippen molar-refractivity contribution in [3.05, 3.63) is 35.9 Å². The molecular weight excluding hydrogens is 304 g/mol. The topological polar surface area (TPSA) is 46.3 Å². The first-order chi connectivity index (χ1) is 9.75. The van der Waals surface area contributed by atoms with Crippen LogP contribution in [0.2, 0.25) is 0 Å². The van der Waals surface area contributed by atoms with Crippen molar-refractivity contribution in [3.8, 4) is 0 Å². The molecule has 1 aromatic carbocycles. The summed E-state index contributed by atoms with van der Waals surface area (Å²) in [6, 6.07) is 10.4. The van der Waals surface area contributed by atoms with E-state index in [0.29, 0.717) is 12.5 Å². The van der Waals surface area contributed by atoms with Crippen LogP contribution >= 0.6 is 24.2 Å². The van der Waals surface area contributed by atoms with Gasteiger partial charge in [0.25, 0.3) is 0 Å². The Bertz CT molecular complexity index is 465. The molecule has 2 fully saturated rings. The molecule has 116 valence electrons. The normalized spacial score (nSPS) is 26.4.